The molecular weight excluding hydrogens is 394 g/mol. The van der Waals surface area contributed by atoms with Gasteiger partial charge in [0.15, 0.2) is 10.6 Å². The third-order valence-corrected chi connectivity index (χ3v) is 5.34. The number of aryl methyl sites for hydroxylation is 1. The fourth-order valence-electron chi connectivity index (χ4n) is 3.34. The van der Waals surface area contributed by atoms with Crippen molar-refractivity contribution in [2.24, 2.45) is 0 Å². The Morgan fingerprint density at radius 2 is 1.83 bits per heavy atom. The highest BCUT2D eigenvalue weighted by Crippen LogP contribution is 2.18. The van der Waals surface area contributed by atoms with Crippen LogP contribution in [0.5, 0.6) is 0 Å². The normalized spacial score (nSPS) is 11.9. The standard InChI is InChI=1S/C23H29N5OS/c1-16-5-9-19(10-6-16)22-25-26-23(30)28(22)14-13-21(29)24-17(2)15-18-7-11-20(12-8-18)27(3)4/h5-12,17H,13-15H2,1-4H3,(H,24,29)(H,26,30). The van der Waals surface area contributed by atoms with Gasteiger partial charge in [-0.25, -0.2) is 0 Å². The van der Waals surface area contributed by atoms with Crippen molar-refractivity contribution in [3.05, 3.63) is 64.4 Å². The van der Waals surface area contributed by atoms with Crippen molar-refractivity contribution in [2.75, 3.05) is 19.0 Å². The molecule has 30 heavy (non-hydrogen) atoms. The summed E-state index contributed by atoms with van der Waals surface area (Å²) in [6.07, 6.45) is 1.13. The molecule has 7 heteroatoms. The van der Waals surface area contributed by atoms with Gasteiger partial charge < -0.3 is 10.2 Å². The molecule has 0 aliphatic carbocycles. The molecule has 1 unspecified atom stereocenters. The summed E-state index contributed by atoms with van der Waals surface area (Å²) in [5, 5.41) is 10.3. The first-order valence-corrected chi connectivity index (χ1v) is 10.5. The summed E-state index contributed by atoms with van der Waals surface area (Å²) in [4.78, 5) is 14.6. The van der Waals surface area contributed by atoms with Crippen LogP contribution in [-0.2, 0) is 17.8 Å². The monoisotopic (exact) mass is 423 g/mol. The first-order chi connectivity index (χ1) is 14.3. The average molecular weight is 424 g/mol. The topological polar surface area (TPSA) is 66.0 Å². The second kappa shape index (κ2) is 9.71. The number of amides is 1. The van der Waals surface area contributed by atoms with E-state index in [9.17, 15) is 4.79 Å². The maximum absolute atomic E-state index is 12.5. The molecule has 1 atom stereocenters. The van der Waals surface area contributed by atoms with E-state index in [1.807, 2.05) is 56.8 Å². The molecule has 0 aliphatic heterocycles. The lowest BCUT2D eigenvalue weighted by atomic mass is 10.1. The number of hydrogen-bond acceptors (Lipinski definition) is 4. The van der Waals surface area contributed by atoms with Gasteiger partial charge in [-0.05, 0) is 50.2 Å². The first-order valence-electron chi connectivity index (χ1n) is 10.1. The van der Waals surface area contributed by atoms with Crippen molar-refractivity contribution < 1.29 is 4.79 Å². The SMILES string of the molecule is Cc1ccc(-c2n[nH]c(=S)n2CCC(=O)NC(C)Cc2ccc(N(C)C)cc2)cc1. The molecule has 0 saturated heterocycles. The van der Waals surface area contributed by atoms with Crippen LogP contribution in [0.15, 0.2) is 48.5 Å². The highest BCUT2D eigenvalue weighted by atomic mass is 32.1. The molecule has 0 saturated carbocycles. The van der Waals surface area contributed by atoms with Gasteiger partial charge in [-0.3, -0.25) is 14.5 Å². The smallest absolute Gasteiger partial charge is 0.222 e. The molecule has 1 amide bonds. The zero-order chi connectivity index (χ0) is 21.7. The Hall–Kier alpha value is -2.93. The third kappa shape index (κ3) is 5.57. The number of nitrogens with zero attached hydrogens (tertiary/aromatic N) is 3. The molecule has 6 nitrogen and oxygen atoms in total. The lowest BCUT2D eigenvalue weighted by molar-refractivity contribution is -0.121. The lowest BCUT2D eigenvalue weighted by Crippen LogP contribution is -2.34. The van der Waals surface area contributed by atoms with E-state index in [2.05, 4.69) is 44.7 Å². The Morgan fingerprint density at radius 1 is 1.17 bits per heavy atom. The number of carbonyl (C=O) groups excluding carboxylic acids is 1. The Balaban J connectivity index is 1.56. The summed E-state index contributed by atoms with van der Waals surface area (Å²) in [6.45, 7) is 4.55. The van der Waals surface area contributed by atoms with Crippen LogP contribution in [0.3, 0.4) is 0 Å². The summed E-state index contributed by atoms with van der Waals surface area (Å²) in [7, 11) is 4.04. The number of rotatable bonds is 8. The molecule has 1 heterocycles. The molecule has 0 spiro atoms. The molecular formula is C23H29N5OS. The molecule has 2 aromatic carbocycles. The summed E-state index contributed by atoms with van der Waals surface area (Å²) in [6, 6.07) is 16.6. The maximum Gasteiger partial charge on any atom is 0.222 e. The van der Waals surface area contributed by atoms with Crippen molar-refractivity contribution in [3.8, 4) is 11.4 Å². The van der Waals surface area contributed by atoms with Crippen LogP contribution >= 0.6 is 12.2 Å². The minimum atomic E-state index is 0.00497. The van der Waals surface area contributed by atoms with E-state index in [-0.39, 0.29) is 11.9 Å². The van der Waals surface area contributed by atoms with Gasteiger partial charge in [0.25, 0.3) is 0 Å². The summed E-state index contributed by atoms with van der Waals surface area (Å²) >= 11 is 5.36. The van der Waals surface area contributed by atoms with Gasteiger partial charge >= 0.3 is 0 Å². The largest absolute Gasteiger partial charge is 0.378 e. The van der Waals surface area contributed by atoms with Crippen LogP contribution in [0.1, 0.15) is 24.5 Å². The van der Waals surface area contributed by atoms with Crippen LogP contribution in [0.25, 0.3) is 11.4 Å². The Kier molecular flexibility index (Phi) is 7.05. The van der Waals surface area contributed by atoms with Crippen LogP contribution in [-0.4, -0.2) is 40.8 Å². The molecule has 1 aromatic heterocycles. The van der Waals surface area contributed by atoms with Crippen molar-refractivity contribution >= 4 is 23.8 Å². The van der Waals surface area contributed by atoms with Crippen LogP contribution in [0.4, 0.5) is 5.69 Å². The average Bonchev–Trinajstić information content (AvgIpc) is 3.07. The van der Waals surface area contributed by atoms with Crippen LogP contribution in [0, 0.1) is 11.7 Å². The highest BCUT2D eigenvalue weighted by Gasteiger charge is 2.12. The van der Waals surface area contributed by atoms with E-state index >= 15 is 0 Å². The molecule has 158 valence electrons. The van der Waals surface area contributed by atoms with Gasteiger partial charge in [-0.2, -0.15) is 5.10 Å². The van der Waals surface area contributed by atoms with Crippen molar-refractivity contribution in [1.82, 2.24) is 20.1 Å². The van der Waals surface area contributed by atoms with E-state index in [1.165, 1.54) is 11.1 Å². The number of aromatic amines is 1. The van der Waals surface area contributed by atoms with Gasteiger partial charge in [0.2, 0.25) is 5.91 Å². The number of H-pyrrole nitrogens is 1. The second-order valence-corrected chi connectivity index (χ2v) is 8.24. The molecule has 0 bridgehead atoms. The van der Waals surface area contributed by atoms with Crippen molar-refractivity contribution in [3.63, 3.8) is 0 Å². The fraction of sp³-hybridized carbons (Fsp3) is 0.348. The number of anilines is 1. The third-order valence-electron chi connectivity index (χ3n) is 5.03. The maximum atomic E-state index is 12.5. The second-order valence-electron chi connectivity index (χ2n) is 7.85. The van der Waals surface area contributed by atoms with E-state index in [0.717, 1.165) is 23.5 Å². The zero-order valence-corrected chi connectivity index (χ0v) is 18.8. The number of aromatic nitrogens is 3. The van der Waals surface area contributed by atoms with E-state index in [1.54, 1.807) is 0 Å². The summed E-state index contributed by atoms with van der Waals surface area (Å²) in [5.74, 6) is 0.757. The number of nitrogens with one attached hydrogen (secondary N) is 2. The Labute approximate surface area is 182 Å². The minimum absolute atomic E-state index is 0.00497. The number of benzene rings is 2. The molecule has 3 aromatic rings. The predicted octanol–water partition coefficient (Wildman–Crippen LogP) is 4.12. The van der Waals surface area contributed by atoms with Gasteiger partial charge in [0.1, 0.15) is 0 Å². The zero-order valence-electron chi connectivity index (χ0n) is 18.0. The molecule has 2 N–H and O–H groups in total. The van der Waals surface area contributed by atoms with Gasteiger partial charge in [0.05, 0.1) is 0 Å². The quantitative estimate of drug-likeness (QED) is 0.535. The Bertz CT molecular complexity index is 1030. The molecule has 0 fully saturated rings. The molecule has 0 aliphatic rings. The van der Waals surface area contributed by atoms with Crippen molar-refractivity contribution in [1.29, 1.82) is 0 Å². The highest BCUT2D eigenvalue weighted by molar-refractivity contribution is 7.71. The van der Waals surface area contributed by atoms with Crippen molar-refractivity contribution in [2.45, 2.75) is 39.3 Å². The predicted molar refractivity (Wildman–Crippen MR) is 124 cm³/mol. The van der Waals surface area contributed by atoms with E-state index in [4.69, 9.17) is 12.2 Å². The van der Waals surface area contributed by atoms with Gasteiger partial charge in [-0.1, -0.05) is 42.0 Å². The molecule has 3 rings (SSSR count). The lowest BCUT2D eigenvalue weighted by Gasteiger charge is -2.16. The van der Waals surface area contributed by atoms with Gasteiger partial charge in [-0.15, -0.1) is 0 Å². The fourth-order valence-corrected chi connectivity index (χ4v) is 3.57. The minimum Gasteiger partial charge on any atom is -0.378 e. The van der Waals surface area contributed by atoms with Gasteiger partial charge in [0, 0.05) is 44.4 Å². The van der Waals surface area contributed by atoms with Crippen LogP contribution < -0.4 is 10.2 Å². The van der Waals surface area contributed by atoms with Crippen LogP contribution in [0.2, 0.25) is 0 Å². The van der Waals surface area contributed by atoms with E-state index in [0.29, 0.717) is 17.7 Å². The number of carbonyl (C=O) groups is 1. The Morgan fingerprint density at radius 3 is 2.47 bits per heavy atom. The molecule has 0 radical (unpaired) electrons. The number of hydrogen-bond donors (Lipinski definition) is 2. The first kappa shape index (κ1) is 21.8. The van der Waals surface area contributed by atoms with E-state index < -0.39 is 0 Å². The summed E-state index contributed by atoms with van der Waals surface area (Å²) in [5.41, 5.74) is 4.52. The summed E-state index contributed by atoms with van der Waals surface area (Å²) < 4.78 is 2.40.